The van der Waals surface area contributed by atoms with Crippen LogP contribution in [-0.2, 0) is 66.3 Å². The zero-order chi connectivity index (χ0) is 62.4. The lowest BCUT2D eigenvalue weighted by molar-refractivity contribution is -0.396. The molecule has 0 aromatic rings. The molecule has 23 N–H and O–H groups in total. The molecule has 21 heterocycles. The summed E-state index contributed by atoms with van der Waals surface area (Å²) < 4.78 is 81.5. The van der Waals surface area contributed by atoms with Crippen molar-refractivity contribution < 1.29 is 168 Å². The number of nitrogens with one attached hydrogen (secondary N) is 1. The first-order valence-electron chi connectivity index (χ1n) is 28.9. The van der Waals surface area contributed by atoms with E-state index in [0.717, 1.165) is 32.1 Å². The van der Waals surface area contributed by atoms with Crippen LogP contribution in [0.15, 0.2) is 0 Å². The smallest absolute Gasteiger partial charge is 0.187 e. The fourth-order valence-corrected chi connectivity index (χ4v) is 11.8. The summed E-state index contributed by atoms with van der Waals surface area (Å²) in [6.45, 7) is -5.42. The summed E-state index contributed by atoms with van der Waals surface area (Å²) in [5.74, 6) is 0. The molecule has 502 valence electrons. The highest BCUT2D eigenvalue weighted by atomic mass is 16.8. The molecule has 0 aromatic heterocycles. The minimum atomic E-state index is -2.20. The predicted molar refractivity (Wildman–Crippen MR) is 271 cm³/mol. The zero-order valence-electron chi connectivity index (χ0n) is 46.6. The van der Waals surface area contributed by atoms with Crippen LogP contribution in [0.4, 0.5) is 0 Å². The van der Waals surface area contributed by atoms with E-state index in [1.54, 1.807) is 0 Å². The largest absolute Gasteiger partial charge is 0.394 e. The Bertz CT molecular complexity index is 1990. The molecule has 21 rings (SSSR count). The van der Waals surface area contributed by atoms with Gasteiger partial charge in [0, 0.05) is 6.54 Å². The van der Waals surface area contributed by atoms with Gasteiger partial charge in [0.15, 0.2) is 44.0 Å². The van der Waals surface area contributed by atoms with Crippen molar-refractivity contribution in [3.8, 4) is 0 Å². The molecule has 0 radical (unpaired) electrons. The minimum absolute atomic E-state index is 0.192. The number of aliphatic hydroxyl groups is 20. The van der Waals surface area contributed by atoms with Crippen molar-refractivity contribution >= 4 is 0 Å². The van der Waals surface area contributed by atoms with E-state index in [1.165, 1.54) is 0 Å². The van der Waals surface area contributed by atoms with Crippen LogP contribution in [-0.4, -0.2) is 376 Å². The molecular formula is C50H88N2O34. The highest BCUT2D eigenvalue weighted by molar-refractivity contribution is 5.02. The lowest BCUT2D eigenvalue weighted by atomic mass is 9.95. The Morgan fingerprint density at radius 1 is 0.233 bits per heavy atom. The van der Waals surface area contributed by atoms with E-state index in [9.17, 15) is 102 Å². The van der Waals surface area contributed by atoms with Crippen molar-refractivity contribution in [2.45, 2.75) is 253 Å². The second-order valence-electron chi connectivity index (χ2n) is 22.6. The van der Waals surface area contributed by atoms with E-state index in [-0.39, 0.29) is 6.54 Å². The van der Waals surface area contributed by atoms with Gasteiger partial charge in [-0.25, -0.2) is 0 Å². The van der Waals surface area contributed by atoms with Crippen molar-refractivity contribution in [1.29, 1.82) is 0 Å². The number of hydrogen-bond acceptors (Lipinski definition) is 36. The standard InChI is InChI=1S/C50H88N2O34/c51-7-5-3-1-2-4-6-8-52-9-16-37-23(59)30(66)44(73-16)81-38-17(10-53)75-46(32(68)25(38)61)83-40-19(12-55)77-48(34(70)27(40)63)85-42-21(14-57)79-50(36(72)29(42)65)86-43-22(15-58)78-49(35(71)28(43)64)84-41-20(13-56)76-47(33(69)26(41)62)82-39-18(11-54)74-45(80-37)31(67)24(39)60/h16-50,52-72H,1-15,51H2/t16-,17+,18-,19+,20-,21+,22-,23+,24+,25+,26+,27-,28+,29+,30+,31+,32-,33+,34-,35+,36+,37+,38+,39+,40+,41+,42+,43+,44+,45+,46+,47+,48+,49+,50+/m0/s1. The predicted octanol–water partition coefficient (Wildman–Crippen LogP) is -13.3. The van der Waals surface area contributed by atoms with Crippen LogP contribution in [0.5, 0.6) is 0 Å². The van der Waals surface area contributed by atoms with Crippen LogP contribution in [0.1, 0.15) is 38.5 Å². The maximum atomic E-state index is 11.8. The van der Waals surface area contributed by atoms with Gasteiger partial charge in [-0.05, 0) is 25.9 Å². The Hall–Kier alpha value is -1.44. The molecule has 36 heteroatoms. The number of nitrogens with two attached hydrogens (primary N) is 1. The van der Waals surface area contributed by atoms with Gasteiger partial charge >= 0.3 is 0 Å². The summed E-state index contributed by atoms with van der Waals surface area (Å²) in [7, 11) is 0. The topological polar surface area (TPSA) is 572 Å². The van der Waals surface area contributed by atoms with Crippen LogP contribution in [0.25, 0.3) is 0 Å². The number of unbranched alkanes of at least 4 members (excludes halogenated alkanes) is 5. The average molecular weight is 1260 g/mol. The van der Waals surface area contributed by atoms with Crippen molar-refractivity contribution in [2.24, 2.45) is 5.73 Å². The second-order valence-corrected chi connectivity index (χ2v) is 22.6. The maximum Gasteiger partial charge on any atom is 0.187 e. The normalized spacial score (nSPS) is 50.8. The average Bonchev–Trinajstić information content (AvgIpc) is 1.50. The molecule has 21 fully saturated rings. The van der Waals surface area contributed by atoms with Gasteiger partial charge in [0.05, 0.1) is 39.6 Å². The Morgan fingerprint density at radius 2 is 0.419 bits per heavy atom. The van der Waals surface area contributed by atoms with Crippen molar-refractivity contribution in [3.05, 3.63) is 0 Å². The van der Waals surface area contributed by atoms with Gasteiger partial charge in [-0.2, -0.15) is 0 Å². The number of hydrogen-bond donors (Lipinski definition) is 22. The Labute approximate surface area is 491 Å². The van der Waals surface area contributed by atoms with Gasteiger partial charge in [-0.3, -0.25) is 0 Å². The third kappa shape index (κ3) is 15.3. The number of aliphatic hydroxyl groups excluding tert-OH is 20. The lowest BCUT2D eigenvalue weighted by Crippen LogP contribution is -2.68. The number of rotatable bonds is 16. The Balaban J connectivity index is 1.08. The highest BCUT2D eigenvalue weighted by Crippen LogP contribution is 2.39. The molecule has 0 spiro atoms. The van der Waals surface area contributed by atoms with Crippen LogP contribution in [0.3, 0.4) is 0 Å². The van der Waals surface area contributed by atoms with Gasteiger partial charge in [-0.1, -0.05) is 25.7 Å². The molecule has 21 aliphatic heterocycles. The molecule has 0 saturated carbocycles. The molecule has 0 aliphatic carbocycles. The van der Waals surface area contributed by atoms with E-state index < -0.39 is 255 Å². The molecule has 0 unspecified atom stereocenters. The fraction of sp³-hybridized carbons (Fsp3) is 1.00. The monoisotopic (exact) mass is 1260 g/mol. The third-order valence-corrected chi connectivity index (χ3v) is 16.8. The first kappa shape index (κ1) is 70.4. The number of ether oxygens (including phenoxy) is 14. The maximum absolute atomic E-state index is 11.8. The quantitative estimate of drug-likeness (QED) is 0.0638. The van der Waals surface area contributed by atoms with Crippen LogP contribution in [0.2, 0.25) is 0 Å². The Kier molecular flexibility index (Phi) is 26.1. The molecule has 21 saturated heterocycles. The summed E-state index contributed by atoms with van der Waals surface area (Å²) in [5.41, 5.74) is 5.61. The van der Waals surface area contributed by atoms with Crippen LogP contribution >= 0.6 is 0 Å². The Morgan fingerprint density at radius 3 is 0.628 bits per heavy atom. The molecule has 86 heavy (non-hydrogen) atoms. The first-order chi connectivity index (χ1) is 41.2. The summed E-state index contributed by atoms with van der Waals surface area (Å²) in [6, 6.07) is 0. The fourth-order valence-electron chi connectivity index (χ4n) is 11.8. The van der Waals surface area contributed by atoms with Gasteiger partial charge in [-0.15, -0.1) is 0 Å². The summed E-state index contributed by atoms with van der Waals surface area (Å²) in [5, 5.41) is 227. The minimum Gasteiger partial charge on any atom is -0.394 e. The van der Waals surface area contributed by atoms with Gasteiger partial charge in [0.25, 0.3) is 0 Å². The highest BCUT2D eigenvalue weighted by Gasteiger charge is 2.59. The molecule has 21 aliphatic rings. The summed E-state index contributed by atoms with van der Waals surface area (Å²) in [6.07, 6.45) is -63.8. The molecule has 0 amide bonds. The van der Waals surface area contributed by atoms with Crippen molar-refractivity contribution in [2.75, 3.05) is 59.3 Å². The van der Waals surface area contributed by atoms with Crippen molar-refractivity contribution in [3.63, 3.8) is 0 Å². The van der Waals surface area contributed by atoms with E-state index >= 15 is 0 Å². The third-order valence-electron chi connectivity index (χ3n) is 16.8. The molecular weight excluding hydrogens is 1170 g/mol. The zero-order valence-corrected chi connectivity index (χ0v) is 46.6. The summed E-state index contributed by atoms with van der Waals surface area (Å²) in [4.78, 5) is 0. The summed E-state index contributed by atoms with van der Waals surface area (Å²) >= 11 is 0. The molecule has 0 aromatic carbocycles. The van der Waals surface area contributed by atoms with E-state index in [2.05, 4.69) is 5.32 Å². The SMILES string of the molecule is NCCCCCCCCNC[C@@H]1O[C@@H]2O[C@H]3[C@H](O)[C@H](O)[C@@H](O[C@H]4[C@@H](O)[C@H](O)[C@@H](O[C@H]5[C@H](O)[C@@H](O)[C@@H](O[C@H]6[C@H](O)[C@@H](O)[C@@H](O[C@H]7[C@H](O)[C@@H](O)[C@@H](O[C@H]8[C@H](O)[C@@H](O)[C@@H](O[C@H]1[C@H](O)[C@H]2O)O[C@H]8CO)O[C@H]7CO)O[C@H]6CO)O[C@@H]5CO)O[C@@H]4CO)O[C@@H]3CO. The van der Waals surface area contributed by atoms with Crippen LogP contribution in [0, 0.1) is 0 Å². The van der Waals surface area contributed by atoms with E-state index in [4.69, 9.17) is 72.0 Å². The van der Waals surface area contributed by atoms with Crippen LogP contribution < -0.4 is 11.1 Å². The van der Waals surface area contributed by atoms with Gasteiger partial charge in [0.1, 0.15) is 171 Å². The molecule has 35 atom stereocenters. The van der Waals surface area contributed by atoms with E-state index in [1.807, 2.05) is 0 Å². The first-order valence-corrected chi connectivity index (χ1v) is 28.9. The van der Waals surface area contributed by atoms with Gasteiger partial charge < -0.3 is 179 Å². The van der Waals surface area contributed by atoms with Gasteiger partial charge in [0.2, 0.25) is 0 Å². The van der Waals surface area contributed by atoms with Crippen molar-refractivity contribution in [1.82, 2.24) is 5.32 Å². The lowest BCUT2D eigenvalue weighted by Gasteiger charge is -2.50. The second kappa shape index (κ2) is 31.9. The van der Waals surface area contributed by atoms with E-state index in [0.29, 0.717) is 19.5 Å². The molecule has 36 nitrogen and oxygen atoms in total. The molecule has 14 bridgehead atoms.